The number of aryl methyl sites for hydroxylation is 2. The molecule has 1 aliphatic rings. The maximum absolute atomic E-state index is 3.39. The van der Waals surface area contributed by atoms with E-state index in [1.807, 2.05) is 0 Å². The molecule has 0 bridgehead atoms. The highest BCUT2D eigenvalue weighted by Crippen LogP contribution is 2.28. The normalized spacial score (nSPS) is 14.8. The maximum Gasteiger partial charge on any atom is -0.0140 e. The van der Waals surface area contributed by atoms with E-state index in [0.717, 1.165) is 0 Å². The zero-order chi connectivity index (χ0) is 8.67. The standard InChI is InChI=1S/C13H11/c1-2-6-12-10(4-1)8-9-11-5-3-7-13(11)12/h1-2,4,6,8H,3,5,7H2. The molecule has 2 aromatic rings. The summed E-state index contributed by atoms with van der Waals surface area (Å²) in [6.07, 6.45) is 3.77. The van der Waals surface area contributed by atoms with Gasteiger partial charge in [0.2, 0.25) is 0 Å². The summed E-state index contributed by atoms with van der Waals surface area (Å²) in [7, 11) is 0. The van der Waals surface area contributed by atoms with Crippen molar-refractivity contribution in [2.45, 2.75) is 19.3 Å². The van der Waals surface area contributed by atoms with Crippen LogP contribution in [0, 0.1) is 6.07 Å². The number of hydrogen-bond acceptors (Lipinski definition) is 0. The van der Waals surface area contributed by atoms with Crippen molar-refractivity contribution in [3.63, 3.8) is 0 Å². The zero-order valence-electron chi connectivity index (χ0n) is 7.51. The van der Waals surface area contributed by atoms with Gasteiger partial charge >= 0.3 is 0 Å². The quantitative estimate of drug-likeness (QED) is 0.565. The summed E-state index contributed by atoms with van der Waals surface area (Å²) < 4.78 is 0. The monoisotopic (exact) mass is 167 g/mol. The van der Waals surface area contributed by atoms with Crippen LogP contribution in [-0.2, 0) is 12.8 Å². The Hall–Kier alpha value is -1.30. The van der Waals surface area contributed by atoms with Gasteiger partial charge in [-0.25, -0.2) is 0 Å². The van der Waals surface area contributed by atoms with Crippen LogP contribution in [0.1, 0.15) is 17.5 Å². The fraction of sp³-hybridized carbons (Fsp3) is 0.231. The minimum Gasteiger partial charge on any atom is -0.0616 e. The molecule has 13 heavy (non-hydrogen) atoms. The van der Waals surface area contributed by atoms with Crippen molar-refractivity contribution in [3.8, 4) is 0 Å². The summed E-state index contributed by atoms with van der Waals surface area (Å²) >= 11 is 0. The topological polar surface area (TPSA) is 0 Å². The Morgan fingerprint density at radius 3 is 3.00 bits per heavy atom. The highest BCUT2D eigenvalue weighted by atomic mass is 14.2. The van der Waals surface area contributed by atoms with Crippen molar-refractivity contribution in [1.82, 2.24) is 0 Å². The fourth-order valence-electron chi connectivity index (χ4n) is 2.26. The van der Waals surface area contributed by atoms with Crippen LogP contribution < -0.4 is 0 Å². The smallest absolute Gasteiger partial charge is 0.0140 e. The third-order valence-electron chi connectivity index (χ3n) is 2.91. The highest BCUT2D eigenvalue weighted by Gasteiger charge is 2.12. The molecule has 0 nitrogen and oxygen atoms in total. The Balaban J connectivity index is 2.43. The third-order valence-corrected chi connectivity index (χ3v) is 2.91. The molecule has 1 aliphatic carbocycles. The van der Waals surface area contributed by atoms with E-state index >= 15 is 0 Å². The Morgan fingerprint density at radius 1 is 1.08 bits per heavy atom. The molecule has 0 fully saturated rings. The summed E-state index contributed by atoms with van der Waals surface area (Å²) in [5.74, 6) is 0. The van der Waals surface area contributed by atoms with E-state index < -0.39 is 0 Å². The number of hydrogen-bond donors (Lipinski definition) is 0. The summed E-state index contributed by atoms with van der Waals surface area (Å²) in [6, 6.07) is 14.1. The molecule has 0 N–H and O–H groups in total. The number of fused-ring (bicyclic) bond motifs is 3. The van der Waals surface area contributed by atoms with Gasteiger partial charge in [-0.05, 0) is 53.3 Å². The molecule has 0 heterocycles. The van der Waals surface area contributed by atoms with Crippen molar-refractivity contribution < 1.29 is 0 Å². The van der Waals surface area contributed by atoms with Crippen LogP contribution in [0.5, 0.6) is 0 Å². The minimum atomic E-state index is 1.22. The molecule has 0 atom stereocenters. The summed E-state index contributed by atoms with van der Waals surface area (Å²) in [4.78, 5) is 0. The van der Waals surface area contributed by atoms with Gasteiger partial charge in [-0.15, -0.1) is 0 Å². The molecule has 63 valence electrons. The van der Waals surface area contributed by atoms with Gasteiger partial charge in [0.25, 0.3) is 0 Å². The van der Waals surface area contributed by atoms with Gasteiger partial charge in [-0.3, -0.25) is 0 Å². The average molecular weight is 167 g/mol. The first-order valence-corrected chi connectivity index (χ1v) is 4.86. The van der Waals surface area contributed by atoms with E-state index in [1.54, 1.807) is 0 Å². The fourth-order valence-corrected chi connectivity index (χ4v) is 2.26. The molecular formula is C13H11. The number of rotatable bonds is 0. The van der Waals surface area contributed by atoms with E-state index in [9.17, 15) is 0 Å². The van der Waals surface area contributed by atoms with Gasteiger partial charge in [0.15, 0.2) is 0 Å². The van der Waals surface area contributed by atoms with Crippen molar-refractivity contribution in [3.05, 3.63) is 47.5 Å². The van der Waals surface area contributed by atoms with E-state index in [1.165, 1.54) is 41.2 Å². The molecule has 3 rings (SSSR count). The highest BCUT2D eigenvalue weighted by molar-refractivity contribution is 5.87. The first-order valence-electron chi connectivity index (χ1n) is 4.86. The molecule has 0 saturated heterocycles. The molecule has 0 heteroatoms. The zero-order valence-corrected chi connectivity index (χ0v) is 7.51. The van der Waals surface area contributed by atoms with Crippen LogP contribution in [0.25, 0.3) is 10.8 Å². The lowest BCUT2D eigenvalue weighted by Crippen LogP contribution is -1.84. The molecular weight excluding hydrogens is 156 g/mol. The van der Waals surface area contributed by atoms with E-state index in [-0.39, 0.29) is 0 Å². The van der Waals surface area contributed by atoms with Gasteiger partial charge < -0.3 is 0 Å². The second kappa shape index (κ2) is 2.59. The van der Waals surface area contributed by atoms with E-state index in [4.69, 9.17) is 0 Å². The summed E-state index contributed by atoms with van der Waals surface area (Å²) in [5, 5.41) is 2.77. The summed E-state index contributed by atoms with van der Waals surface area (Å²) in [6.45, 7) is 0. The van der Waals surface area contributed by atoms with Gasteiger partial charge in [0.1, 0.15) is 0 Å². The lowest BCUT2D eigenvalue weighted by Gasteiger charge is -2.03. The minimum absolute atomic E-state index is 1.22. The second-order valence-electron chi connectivity index (χ2n) is 3.69. The van der Waals surface area contributed by atoms with Crippen LogP contribution in [0.3, 0.4) is 0 Å². The maximum atomic E-state index is 3.39. The number of benzene rings is 2. The largest absolute Gasteiger partial charge is 0.0616 e. The molecule has 0 amide bonds. The van der Waals surface area contributed by atoms with Gasteiger partial charge in [-0.2, -0.15) is 0 Å². The first kappa shape index (κ1) is 7.14. The van der Waals surface area contributed by atoms with Crippen molar-refractivity contribution in [1.29, 1.82) is 0 Å². The van der Waals surface area contributed by atoms with Crippen LogP contribution in [0.2, 0.25) is 0 Å². The Morgan fingerprint density at radius 2 is 2.00 bits per heavy atom. The van der Waals surface area contributed by atoms with Gasteiger partial charge in [0, 0.05) is 0 Å². The molecule has 1 radical (unpaired) electrons. The predicted molar refractivity (Wildman–Crippen MR) is 54.8 cm³/mol. The first-order chi connectivity index (χ1) is 6.45. The predicted octanol–water partition coefficient (Wildman–Crippen LogP) is 3.13. The third kappa shape index (κ3) is 0.983. The second-order valence-corrected chi connectivity index (χ2v) is 3.69. The molecule has 2 aromatic carbocycles. The van der Waals surface area contributed by atoms with E-state index in [0.29, 0.717) is 0 Å². The average Bonchev–Trinajstić information content (AvgIpc) is 2.65. The molecule has 0 aliphatic heterocycles. The van der Waals surface area contributed by atoms with Gasteiger partial charge in [-0.1, -0.05) is 24.3 Å². The Bertz CT molecular complexity index is 455. The lowest BCUT2D eigenvalue weighted by atomic mass is 10.0. The van der Waals surface area contributed by atoms with Crippen molar-refractivity contribution >= 4 is 10.8 Å². The van der Waals surface area contributed by atoms with Crippen molar-refractivity contribution in [2.24, 2.45) is 0 Å². The lowest BCUT2D eigenvalue weighted by molar-refractivity contribution is 0.913. The Labute approximate surface area is 78.2 Å². The molecule has 0 unspecified atom stereocenters. The Kier molecular flexibility index (Phi) is 1.42. The van der Waals surface area contributed by atoms with Crippen LogP contribution >= 0.6 is 0 Å². The van der Waals surface area contributed by atoms with Crippen molar-refractivity contribution in [2.75, 3.05) is 0 Å². The molecule has 0 saturated carbocycles. The SMILES string of the molecule is [c]1cc2ccccc2c2c1CCC2. The molecule has 0 spiro atoms. The van der Waals surface area contributed by atoms with Crippen LogP contribution in [0.4, 0.5) is 0 Å². The summed E-state index contributed by atoms with van der Waals surface area (Å²) in [5.41, 5.74) is 2.98. The van der Waals surface area contributed by atoms with Crippen LogP contribution in [0.15, 0.2) is 30.3 Å². The van der Waals surface area contributed by atoms with Gasteiger partial charge in [0.05, 0.1) is 0 Å². The molecule has 0 aromatic heterocycles. The van der Waals surface area contributed by atoms with E-state index in [2.05, 4.69) is 36.4 Å². The van der Waals surface area contributed by atoms with Crippen LogP contribution in [-0.4, -0.2) is 0 Å².